The van der Waals surface area contributed by atoms with E-state index >= 15 is 0 Å². The highest BCUT2D eigenvalue weighted by Crippen LogP contribution is 2.31. The molecule has 0 unspecified atom stereocenters. The molecule has 2 aromatic carbocycles. The summed E-state index contributed by atoms with van der Waals surface area (Å²) < 4.78 is 25.4. The van der Waals surface area contributed by atoms with Crippen LogP contribution in [0.3, 0.4) is 0 Å². The van der Waals surface area contributed by atoms with E-state index in [4.69, 9.17) is 0 Å². The molecule has 2 aromatic rings. The zero-order valence-corrected chi connectivity index (χ0v) is 18.1. The molecular formula is C21H23F2N3O2S2. The first-order valence-corrected chi connectivity index (χ1v) is 11.5. The van der Waals surface area contributed by atoms with Gasteiger partial charge in [-0.15, -0.1) is 0 Å². The highest BCUT2D eigenvalue weighted by atomic mass is 32.2. The number of hydrogen-bond donors (Lipinski definition) is 2. The number of para-hydroxylation sites is 1. The van der Waals surface area contributed by atoms with Crippen LogP contribution in [-0.4, -0.2) is 53.6 Å². The number of nitrogens with one attached hydrogen (secondary N) is 2. The zero-order valence-electron chi connectivity index (χ0n) is 16.5. The molecule has 1 fully saturated rings. The van der Waals surface area contributed by atoms with Gasteiger partial charge in [0.25, 0.3) is 11.7 Å². The van der Waals surface area contributed by atoms with E-state index in [1.54, 1.807) is 30.3 Å². The number of halogens is 2. The van der Waals surface area contributed by atoms with Crippen molar-refractivity contribution in [1.82, 2.24) is 4.90 Å². The number of rotatable bonds is 7. The minimum Gasteiger partial charge on any atom is -0.376 e. The van der Waals surface area contributed by atoms with Crippen LogP contribution in [0.2, 0.25) is 0 Å². The maximum absolute atomic E-state index is 12.8. The Kier molecular flexibility index (Phi) is 7.98. The van der Waals surface area contributed by atoms with E-state index in [9.17, 15) is 18.4 Å². The highest BCUT2D eigenvalue weighted by Gasteiger charge is 2.21. The number of benzene rings is 2. The summed E-state index contributed by atoms with van der Waals surface area (Å²) in [5.41, 5.74) is 2.43. The first kappa shape index (κ1) is 22.4. The summed E-state index contributed by atoms with van der Waals surface area (Å²) in [4.78, 5) is 27.3. The number of amides is 2. The van der Waals surface area contributed by atoms with Gasteiger partial charge in [0.2, 0.25) is 5.91 Å². The molecule has 1 aliphatic rings. The van der Waals surface area contributed by atoms with E-state index in [-0.39, 0.29) is 18.4 Å². The lowest BCUT2D eigenvalue weighted by Gasteiger charge is -2.27. The van der Waals surface area contributed by atoms with Crippen LogP contribution in [0, 0.1) is 6.92 Å². The fraction of sp³-hybridized carbons (Fsp3) is 0.333. The van der Waals surface area contributed by atoms with Gasteiger partial charge >= 0.3 is 0 Å². The SMILES string of the molecule is Cc1c(NCC(=O)Nc2ccccc2SC(F)F)cccc1C(=O)N1CCSCC1. The third kappa shape index (κ3) is 5.89. The van der Waals surface area contributed by atoms with Crippen LogP contribution >= 0.6 is 23.5 Å². The molecule has 0 aromatic heterocycles. The molecule has 0 aliphatic carbocycles. The predicted octanol–water partition coefficient (Wildman–Crippen LogP) is 4.55. The van der Waals surface area contributed by atoms with E-state index in [1.165, 1.54) is 6.07 Å². The van der Waals surface area contributed by atoms with Crippen LogP contribution in [0.4, 0.5) is 20.2 Å². The van der Waals surface area contributed by atoms with Gasteiger partial charge in [0, 0.05) is 40.7 Å². The van der Waals surface area contributed by atoms with Crippen molar-refractivity contribution >= 4 is 46.7 Å². The van der Waals surface area contributed by atoms with Gasteiger partial charge in [0.15, 0.2) is 0 Å². The summed E-state index contributed by atoms with van der Waals surface area (Å²) in [5, 5.41) is 5.71. The lowest BCUT2D eigenvalue weighted by atomic mass is 10.1. The molecular weight excluding hydrogens is 428 g/mol. The van der Waals surface area contributed by atoms with E-state index in [1.807, 2.05) is 29.7 Å². The minimum atomic E-state index is -2.57. The molecule has 1 heterocycles. The van der Waals surface area contributed by atoms with Crippen molar-refractivity contribution in [3.63, 3.8) is 0 Å². The molecule has 0 spiro atoms. The van der Waals surface area contributed by atoms with Crippen molar-refractivity contribution in [3.05, 3.63) is 53.6 Å². The number of carbonyl (C=O) groups is 2. The van der Waals surface area contributed by atoms with Crippen molar-refractivity contribution in [2.75, 3.05) is 41.8 Å². The number of carbonyl (C=O) groups excluding carboxylic acids is 2. The second-order valence-electron chi connectivity index (χ2n) is 6.66. The lowest BCUT2D eigenvalue weighted by molar-refractivity contribution is -0.114. The predicted molar refractivity (Wildman–Crippen MR) is 120 cm³/mol. The Morgan fingerprint density at radius 2 is 1.80 bits per heavy atom. The van der Waals surface area contributed by atoms with Crippen LogP contribution < -0.4 is 10.6 Å². The fourth-order valence-electron chi connectivity index (χ4n) is 3.13. The van der Waals surface area contributed by atoms with Crippen molar-refractivity contribution in [1.29, 1.82) is 0 Å². The fourth-order valence-corrected chi connectivity index (χ4v) is 4.63. The Bertz CT molecular complexity index is 906. The van der Waals surface area contributed by atoms with Gasteiger partial charge in [-0.25, -0.2) is 0 Å². The number of nitrogens with zero attached hydrogens (tertiary/aromatic N) is 1. The van der Waals surface area contributed by atoms with Gasteiger partial charge in [0.1, 0.15) is 0 Å². The van der Waals surface area contributed by atoms with Crippen LogP contribution in [0.25, 0.3) is 0 Å². The summed E-state index contributed by atoms with van der Waals surface area (Å²) >= 11 is 2.23. The molecule has 0 bridgehead atoms. The average Bonchev–Trinajstić information content (AvgIpc) is 2.74. The zero-order chi connectivity index (χ0) is 21.5. The van der Waals surface area contributed by atoms with Gasteiger partial charge in [0.05, 0.1) is 12.2 Å². The van der Waals surface area contributed by atoms with E-state index in [0.29, 0.717) is 33.6 Å². The van der Waals surface area contributed by atoms with Crippen molar-refractivity contribution in [3.8, 4) is 0 Å². The van der Waals surface area contributed by atoms with Gasteiger partial charge < -0.3 is 15.5 Å². The molecule has 0 radical (unpaired) electrons. The Morgan fingerprint density at radius 3 is 2.53 bits per heavy atom. The number of thioether (sulfide) groups is 2. The average molecular weight is 452 g/mol. The second-order valence-corrected chi connectivity index (χ2v) is 8.92. The largest absolute Gasteiger partial charge is 0.376 e. The maximum atomic E-state index is 12.8. The Hall–Kier alpha value is -2.26. The van der Waals surface area contributed by atoms with E-state index in [2.05, 4.69) is 10.6 Å². The smallest absolute Gasteiger partial charge is 0.288 e. The van der Waals surface area contributed by atoms with Gasteiger partial charge in [-0.2, -0.15) is 20.5 Å². The van der Waals surface area contributed by atoms with E-state index < -0.39 is 5.76 Å². The molecule has 5 nitrogen and oxygen atoms in total. The molecule has 2 amide bonds. The maximum Gasteiger partial charge on any atom is 0.288 e. The summed E-state index contributed by atoms with van der Waals surface area (Å²) in [6.07, 6.45) is 0. The van der Waals surface area contributed by atoms with Crippen LogP contribution in [0.1, 0.15) is 15.9 Å². The first-order valence-electron chi connectivity index (χ1n) is 9.50. The van der Waals surface area contributed by atoms with Crippen LogP contribution in [-0.2, 0) is 4.79 Å². The summed E-state index contributed by atoms with van der Waals surface area (Å²) in [6, 6.07) is 11.8. The summed E-state index contributed by atoms with van der Waals surface area (Å²) in [7, 11) is 0. The third-order valence-electron chi connectivity index (χ3n) is 4.68. The topological polar surface area (TPSA) is 61.4 Å². The van der Waals surface area contributed by atoms with Crippen molar-refractivity contribution in [2.45, 2.75) is 17.6 Å². The van der Waals surface area contributed by atoms with Gasteiger partial charge in [-0.3, -0.25) is 9.59 Å². The molecule has 0 atom stereocenters. The third-order valence-corrected chi connectivity index (χ3v) is 6.41. The standard InChI is InChI=1S/C21H23F2N3O2S2/c1-14-15(20(28)26-9-11-29-12-10-26)5-4-7-16(14)24-13-19(27)25-17-6-2-3-8-18(17)30-21(22)23/h2-8,21,24H,9-13H2,1H3,(H,25,27). The van der Waals surface area contributed by atoms with Crippen LogP contribution in [0.5, 0.6) is 0 Å². The summed E-state index contributed by atoms with van der Waals surface area (Å²) in [6.45, 7) is 3.27. The molecule has 1 saturated heterocycles. The Labute approximate surface area is 183 Å². The summed E-state index contributed by atoms with van der Waals surface area (Å²) in [5.74, 6) is -1.05. The minimum absolute atomic E-state index is 0.00106. The molecule has 3 rings (SSSR count). The number of anilines is 2. The Morgan fingerprint density at radius 1 is 1.10 bits per heavy atom. The van der Waals surface area contributed by atoms with Crippen molar-refractivity contribution < 1.29 is 18.4 Å². The normalized spacial score (nSPS) is 13.9. The first-order chi connectivity index (χ1) is 14.5. The quantitative estimate of drug-likeness (QED) is 0.605. The molecule has 160 valence electrons. The molecule has 30 heavy (non-hydrogen) atoms. The Balaban J connectivity index is 1.63. The molecule has 1 aliphatic heterocycles. The van der Waals surface area contributed by atoms with E-state index in [0.717, 1.165) is 30.2 Å². The highest BCUT2D eigenvalue weighted by molar-refractivity contribution is 7.99. The molecule has 0 saturated carbocycles. The monoisotopic (exact) mass is 451 g/mol. The molecule has 2 N–H and O–H groups in total. The number of hydrogen-bond acceptors (Lipinski definition) is 5. The molecule has 9 heteroatoms. The number of alkyl halides is 2. The van der Waals surface area contributed by atoms with Crippen LogP contribution in [0.15, 0.2) is 47.4 Å². The second kappa shape index (κ2) is 10.7. The van der Waals surface area contributed by atoms with Gasteiger partial charge in [-0.1, -0.05) is 30.0 Å². The van der Waals surface area contributed by atoms with Gasteiger partial charge in [-0.05, 0) is 36.8 Å². The lowest BCUT2D eigenvalue weighted by Crippen LogP contribution is -2.38. The van der Waals surface area contributed by atoms with Crippen molar-refractivity contribution in [2.24, 2.45) is 0 Å².